The van der Waals surface area contributed by atoms with Gasteiger partial charge in [-0.25, -0.2) is 0 Å². The number of carbonyl (C=O) groups excluding carboxylic acids is 1. The highest BCUT2D eigenvalue weighted by Crippen LogP contribution is 2.26. The lowest BCUT2D eigenvalue weighted by Crippen LogP contribution is -2.39. The molecule has 0 spiro atoms. The van der Waals surface area contributed by atoms with Gasteiger partial charge in [-0.3, -0.25) is 4.79 Å². The first-order valence-electron chi connectivity index (χ1n) is 5.84. The maximum Gasteiger partial charge on any atom is 0.241 e. The van der Waals surface area contributed by atoms with E-state index in [1.165, 1.54) is 0 Å². The van der Waals surface area contributed by atoms with Gasteiger partial charge in [-0.05, 0) is 23.8 Å². The van der Waals surface area contributed by atoms with Crippen LogP contribution < -0.4 is 11.1 Å². The molecule has 1 atom stereocenters. The summed E-state index contributed by atoms with van der Waals surface area (Å²) >= 11 is 1.71. The quantitative estimate of drug-likeness (QED) is 0.792. The summed E-state index contributed by atoms with van der Waals surface area (Å²) in [4.78, 5) is 12.9. The average Bonchev–Trinajstić information content (AvgIpc) is 2.30. The molecular formula is C13H20N2OS. The number of para-hydroxylation sites is 1. The van der Waals surface area contributed by atoms with E-state index in [0.29, 0.717) is 0 Å². The Balaban J connectivity index is 2.77. The van der Waals surface area contributed by atoms with Crippen LogP contribution in [0.5, 0.6) is 0 Å². The van der Waals surface area contributed by atoms with Crippen LogP contribution in [0, 0.1) is 5.92 Å². The molecule has 0 radical (unpaired) electrons. The predicted octanol–water partition coefficient (Wildman–Crippen LogP) is 2.72. The van der Waals surface area contributed by atoms with Gasteiger partial charge in [-0.15, -0.1) is 11.8 Å². The standard InChI is InChI=1S/C13H20N2OS/c1-4-17-11-8-6-5-7-10(11)15-13(16)12(14)9(2)3/h5-9,12H,4,14H2,1-3H3,(H,15,16)/t12-/m0/s1. The Morgan fingerprint density at radius 1 is 1.41 bits per heavy atom. The molecule has 0 saturated heterocycles. The summed E-state index contributed by atoms with van der Waals surface area (Å²) in [7, 11) is 0. The summed E-state index contributed by atoms with van der Waals surface area (Å²) in [6.45, 7) is 5.97. The number of benzene rings is 1. The molecule has 3 N–H and O–H groups in total. The van der Waals surface area contributed by atoms with Gasteiger partial charge in [0.25, 0.3) is 0 Å². The van der Waals surface area contributed by atoms with Gasteiger partial charge in [-0.1, -0.05) is 32.9 Å². The fraction of sp³-hybridized carbons (Fsp3) is 0.462. The Kier molecular flexibility index (Phi) is 5.51. The summed E-state index contributed by atoms with van der Waals surface area (Å²) < 4.78 is 0. The summed E-state index contributed by atoms with van der Waals surface area (Å²) in [6, 6.07) is 7.33. The zero-order chi connectivity index (χ0) is 12.8. The van der Waals surface area contributed by atoms with E-state index < -0.39 is 6.04 Å². The molecule has 94 valence electrons. The van der Waals surface area contributed by atoms with Crippen LogP contribution >= 0.6 is 11.8 Å². The van der Waals surface area contributed by atoms with Crippen LogP contribution in [0.15, 0.2) is 29.2 Å². The molecule has 0 heterocycles. The molecule has 1 amide bonds. The lowest BCUT2D eigenvalue weighted by Gasteiger charge is -2.16. The van der Waals surface area contributed by atoms with Crippen LogP contribution in [0.1, 0.15) is 20.8 Å². The van der Waals surface area contributed by atoms with Crippen molar-refractivity contribution < 1.29 is 4.79 Å². The van der Waals surface area contributed by atoms with E-state index in [1.54, 1.807) is 11.8 Å². The average molecular weight is 252 g/mol. The molecule has 4 heteroatoms. The number of hydrogen-bond acceptors (Lipinski definition) is 3. The molecule has 0 aliphatic rings. The fourth-order valence-corrected chi connectivity index (χ4v) is 2.13. The number of rotatable bonds is 5. The Labute approximate surface area is 107 Å². The summed E-state index contributed by atoms with van der Waals surface area (Å²) in [5, 5.41) is 2.89. The first-order valence-corrected chi connectivity index (χ1v) is 6.83. The number of anilines is 1. The van der Waals surface area contributed by atoms with E-state index in [0.717, 1.165) is 16.3 Å². The van der Waals surface area contributed by atoms with Gasteiger partial charge in [0.15, 0.2) is 0 Å². The molecule has 0 aliphatic heterocycles. The number of amides is 1. The molecular weight excluding hydrogens is 232 g/mol. The van der Waals surface area contributed by atoms with Crippen molar-refractivity contribution >= 4 is 23.4 Å². The van der Waals surface area contributed by atoms with E-state index in [9.17, 15) is 4.79 Å². The highest BCUT2D eigenvalue weighted by Gasteiger charge is 2.17. The molecule has 1 rings (SSSR count). The summed E-state index contributed by atoms with van der Waals surface area (Å²) in [6.07, 6.45) is 0. The van der Waals surface area contributed by atoms with Crippen molar-refractivity contribution in [1.29, 1.82) is 0 Å². The van der Waals surface area contributed by atoms with Crippen LogP contribution in [-0.4, -0.2) is 17.7 Å². The third-order valence-corrected chi connectivity index (χ3v) is 3.42. The Morgan fingerprint density at radius 3 is 2.65 bits per heavy atom. The monoisotopic (exact) mass is 252 g/mol. The highest BCUT2D eigenvalue weighted by molar-refractivity contribution is 7.99. The minimum atomic E-state index is -0.463. The molecule has 1 aromatic rings. The smallest absolute Gasteiger partial charge is 0.241 e. The number of thioether (sulfide) groups is 1. The normalized spacial score (nSPS) is 12.5. The fourth-order valence-electron chi connectivity index (χ4n) is 1.37. The number of nitrogens with two attached hydrogens (primary N) is 1. The van der Waals surface area contributed by atoms with Crippen LogP contribution in [-0.2, 0) is 4.79 Å². The number of carbonyl (C=O) groups is 1. The molecule has 17 heavy (non-hydrogen) atoms. The van der Waals surface area contributed by atoms with E-state index in [2.05, 4.69) is 12.2 Å². The second-order valence-corrected chi connectivity index (χ2v) is 5.49. The van der Waals surface area contributed by atoms with Gasteiger partial charge in [0, 0.05) is 4.90 Å². The van der Waals surface area contributed by atoms with Crippen molar-refractivity contribution in [2.45, 2.75) is 31.7 Å². The first-order chi connectivity index (χ1) is 8.06. The van der Waals surface area contributed by atoms with Crippen molar-refractivity contribution in [3.63, 3.8) is 0 Å². The zero-order valence-corrected chi connectivity index (χ0v) is 11.4. The van der Waals surface area contributed by atoms with Gasteiger partial charge in [-0.2, -0.15) is 0 Å². The van der Waals surface area contributed by atoms with Gasteiger partial charge >= 0.3 is 0 Å². The van der Waals surface area contributed by atoms with Crippen LogP contribution in [0.3, 0.4) is 0 Å². The number of hydrogen-bond donors (Lipinski definition) is 2. The van der Waals surface area contributed by atoms with Crippen molar-refractivity contribution in [2.24, 2.45) is 11.7 Å². The van der Waals surface area contributed by atoms with Crippen LogP contribution in [0.2, 0.25) is 0 Å². The second kappa shape index (κ2) is 6.67. The Morgan fingerprint density at radius 2 is 2.06 bits per heavy atom. The van der Waals surface area contributed by atoms with Gasteiger partial charge in [0.1, 0.15) is 0 Å². The first kappa shape index (κ1) is 14.1. The Bertz CT molecular complexity index is 379. The summed E-state index contributed by atoms with van der Waals surface area (Å²) in [5.41, 5.74) is 6.66. The predicted molar refractivity (Wildman–Crippen MR) is 74.3 cm³/mol. The zero-order valence-electron chi connectivity index (χ0n) is 10.6. The maximum atomic E-state index is 11.9. The lowest BCUT2D eigenvalue weighted by atomic mass is 10.1. The van der Waals surface area contributed by atoms with Crippen molar-refractivity contribution in [3.05, 3.63) is 24.3 Å². The van der Waals surface area contributed by atoms with Crippen molar-refractivity contribution in [3.8, 4) is 0 Å². The third kappa shape index (κ3) is 4.06. The molecule has 0 aromatic heterocycles. The molecule has 0 aliphatic carbocycles. The van der Waals surface area contributed by atoms with Gasteiger partial charge in [0.05, 0.1) is 11.7 Å². The molecule has 0 unspecified atom stereocenters. The third-order valence-electron chi connectivity index (χ3n) is 2.47. The molecule has 0 saturated carbocycles. The highest BCUT2D eigenvalue weighted by atomic mass is 32.2. The van der Waals surface area contributed by atoms with Gasteiger partial charge in [0.2, 0.25) is 5.91 Å². The molecule has 0 fully saturated rings. The largest absolute Gasteiger partial charge is 0.324 e. The van der Waals surface area contributed by atoms with E-state index >= 15 is 0 Å². The molecule has 3 nitrogen and oxygen atoms in total. The second-order valence-electron chi connectivity index (χ2n) is 4.19. The minimum Gasteiger partial charge on any atom is -0.324 e. The van der Waals surface area contributed by atoms with Crippen molar-refractivity contribution in [1.82, 2.24) is 0 Å². The SMILES string of the molecule is CCSc1ccccc1NC(=O)[C@@H](N)C(C)C. The lowest BCUT2D eigenvalue weighted by molar-refractivity contribution is -0.118. The maximum absolute atomic E-state index is 11.9. The van der Waals surface area contributed by atoms with E-state index in [-0.39, 0.29) is 11.8 Å². The number of nitrogens with one attached hydrogen (secondary N) is 1. The molecule has 0 bridgehead atoms. The minimum absolute atomic E-state index is 0.121. The Hall–Kier alpha value is -1.00. The van der Waals surface area contributed by atoms with E-state index in [4.69, 9.17) is 5.73 Å². The summed E-state index contributed by atoms with van der Waals surface area (Å²) in [5.74, 6) is 0.994. The van der Waals surface area contributed by atoms with E-state index in [1.807, 2.05) is 38.1 Å². The van der Waals surface area contributed by atoms with Crippen LogP contribution in [0.4, 0.5) is 5.69 Å². The van der Waals surface area contributed by atoms with Crippen molar-refractivity contribution in [2.75, 3.05) is 11.1 Å². The van der Waals surface area contributed by atoms with Crippen LogP contribution in [0.25, 0.3) is 0 Å². The van der Waals surface area contributed by atoms with Gasteiger partial charge < -0.3 is 11.1 Å². The molecule has 1 aromatic carbocycles. The topological polar surface area (TPSA) is 55.1 Å².